The van der Waals surface area contributed by atoms with E-state index in [1.54, 1.807) is 24.3 Å². The number of carbonyl (C=O) groups is 3. The van der Waals surface area contributed by atoms with Gasteiger partial charge in [0.05, 0.1) is 13.1 Å². The molecule has 5 N–H and O–H groups in total. The molecule has 0 aliphatic heterocycles. The molecule has 138 valence electrons. The van der Waals surface area contributed by atoms with Gasteiger partial charge in [0.2, 0.25) is 17.7 Å². The first-order chi connectivity index (χ1) is 11.6. The van der Waals surface area contributed by atoms with Crippen molar-refractivity contribution in [3.8, 4) is 0 Å². The quantitative estimate of drug-likeness (QED) is 0.611. The summed E-state index contributed by atoms with van der Waals surface area (Å²) in [5.41, 5.74) is 6.36. The molecule has 3 amide bonds. The Morgan fingerprint density at radius 1 is 1.00 bits per heavy atom. The van der Waals surface area contributed by atoms with Crippen LogP contribution in [0, 0.1) is 5.92 Å². The van der Waals surface area contributed by atoms with Crippen LogP contribution in [0.1, 0.15) is 32.1 Å². The highest BCUT2D eigenvalue weighted by Gasteiger charge is 2.21. The van der Waals surface area contributed by atoms with Crippen molar-refractivity contribution in [2.75, 3.05) is 23.7 Å². The van der Waals surface area contributed by atoms with Crippen LogP contribution in [0.2, 0.25) is 0 Å². The molecule has 7 nitrogen and oxygen atoms in total. The summed E-state index contributed by atoms with van der Waals surface area (Å²) < 4.78 is 0. The Morgan fingerprint density at radius 3 is 2.28 bits per heavy atom. The Bertz CT molecular complexity index is 603. The first-order valence-electron chi connectivity index (χ1n) is 8.26. The molecular weight excluding hydrogens is 344 g/mol. The number of nitrogens with two attached hydrogens (primary N) is 1. The fourth-order valence-electron chi connectivity index (χ4n) is 2.74. The first kappa shape index (κ1) is 20.9. The van der Waals surface area contributed by atoms with Gasteiger partial charge >= 0.3 is 0 Å². The van der Waals surface area contributed by atoms with E-state index < -0.39 is 5.91 Å². The smallest absolute Gasteiger partial charge is 0.243 e. The second-order valence-corrected chi connectivity index (χ2v) is 5.93. The summed E-state index contributed by atoms with van der Waals surface area (Å²) in [5, 5.41) is 7.97. The van der Waals surface area contributed by atoms with Crippen molar-refractivity contribution in [3.05, 3.63) is 24.3 Å². The second kappa shape index (κ2) is 10.7. The van der Waals surface area contributed by atoms with E-state index in [1.807, 2.05) is 0 Å². The third-order valence-corrected chi connectivity index (χ3v) is 4.02. The fraction of sp³-hybridized carbons (Fsp3) is 0.471. The summed E-state index contributed by atoms with van der Waals surface area (Å²) >= 11 is 0. The van der Waals surface area contributed by atoms with Crippen molar-refractivity contribution < 1.29 is 14.4 Å². The molecule has 8 heteroatoms. The van der Waals surface area contributed by atoms with E-state index in [9.17, 15) is 14.4 Å². The number of benzene rings is 1. The number of rotatable bonds is 6. The lowest BCUT2D eigenvalue weighted by Crippen LogP contribution is -2.36. The number of hydrogen-bond donors (Lipinski definition) is 4. The van der Waals surface area contributed by atoms with Gasteiger partial charge in [0.15, 0.2) is 0 Å². The summed E-state index contributed by atoms with van der Waals surface area (Å²) in [7, 11) is 0. The lowest BCUT2D eigenvalue weighted by Gasteiger charge is -2.20. The monoisotopic (exact) mass is 368 g/mol. The first-order valence-corrected chi connectivity index (χ1v) is 8.26. The van der Waals surface area contributed by atoms with Crippen molar-refractivity contribution in [3.63, 3.8) is 0 Å². The Balaban J connectivity index is 0.00000312. The SMILES string of the molecule is Cl.NCC(=O)NCC(=O)Nc1cccc(NC(=O)C2CCCCC2)c1. The van der Waals surface area contributed by atoms with Crippen molar-refractivity contribution in [2.45, 2.75) is 32.1 Å². The Hall–Kier alpha value is -2.12. The third-order valence-electron chi connectivity index (χ3n) is 4.02. The van der Waals surface area contributed by atoms with E-state index in [0.717, 1.165) is 25.7 Å². The molecule has 0 aromatic heterocycles. The molecule has 0 atom stereocenters. The molecule has 1 aliphatic rings. The predicted octanol–water partition coefficient (Wildman–Crippen LogP) is 1.64. The van der Waals surface area contributed by atoms with E-state index in [2.05, 4.69) is 16.0 Å². The summed E-state index contributed by atoms with van der Waals surface area (Å²) in [4.78, 5) is 35.0. The predicted molar refractivity (Wildman–Crippen MR) is 99.6 cm³/mol. The van der Waals surface area contributed by atoms with Crippen LogP contribution in [-0.4, -0.2) is 30.8 Å². The van der Waals surface area contributed by atoms with Crippen molar-refractivity contribution in [2.24, 2.45) is 11.7 Å². The molecule has 1 aromatic rings. The minimum Gasteiger partial charge on any atom is -0.346 e. The van der Waals surface area contributed by atoms with Crippen LogP contribution in [0.3, 0.4) is 0 Å². The van der Waals surface area contributed by atoms with Crippen LogP contribution in [0.15, 0.2) is 24.3 Å². The lowest BCUT2D eigenvalue weighted by molar-refractivity contribution is -0.123. The lowest BCUT2D eigenvalue weighted by atomic mass is 9.88. The van der Waals surface area contributed by atoms with Crippen LogP contribution in [-0.2, 0) is 14.4 Å². The van der Waals surface area contributed by atoms with Gasteiger partial charge in [-0.25, -0.2) is 0 Å². The molecule has 0 bridgehead atoms. The Labute approximate surface area is 153 Å². The number of nitrogens with one attached hydrogen (secondary N) is 3. The zero-order valence-corrected chi connectivity index (χ0v) is 14.9. The number of amides is 3. The molecule has 0 unspecified atom stereocenters. The van der Waals surface area contributed by atoms with Crippen LogP contribution in [0.5, 0.6) is 0 Å². The van der Waals surface area contributed by atoms with Crippen LogP contribution >= 0.6 is 12.4 Å². The number of carbonyl (C=O) groups excluding carboxylic acids is 3. The van der Waals surface area contributed by atoms with Gasteiger partial charge in [0.1, 0.15) is 0 Å². The molecule has 0 saturated heterocycles. The van der Waals surface area contributed by atoms with Crippen molar-refractivity contribution in [1.82, 2.24) is 5.32 Å². The van der Waals surface area contributed by atoms with Gasteiger partial charge in [-0.05, 0) is 31.0 Å². The van der Waals surface area contributed by atoms with Gasteiger partial charge in [-0.15, -0.1) is 12.4 Å². The van der Waals surface area contributed by atoms with Crippen LogP contribution in [0.25, 0.3) is 0 Å². The van der Waals surface area contributed by atoms with Gasteiger partial charge in [-0.2, -0.15) is 0 Å². The van der Waals surface area contributed by atoms with Crippen LogP contribution < -0.4 is 21.7 Å². The maximum atomic E-state index is 12.3. The van der Waals surface area contributed by atoms with E-state index >= 15 is 0 Å². The van der Waals surface area contributed by atoms with Gasteiger partial charge in [0.25, 0.3) is 0 Å². The molecule has 1 fully saturated rings. The number of hydrogen-bond acceptors (Lipinski definition) is 4. The number of anilines is 2. The highest BCUT2D eigenvalue weighted by Crippen LogP contribution is 2.25. The topological polar surface area (TPSA) is 113 Å². The second-order valence-electron chi connectivity index (χ2n) is 5.93. The van der Waals surface area contributed by atoms with Crippen molar-refractivity contribution in [1.29, 1.82) is 0 Å². The van der Waals surface area contributed by atoms with Gasteiger partial charge < -0.3 is 21.7 Å². The molecule has 0 heterocycles. The minimum atomic E-state index is -0.390. The van der Waals surface area contributed by atoms with E-state index in [-0.39, 0.29) is 43.2 Å². The van der Waals surface area contributed by atoms with Crippen molar-refractivity contribution >= 4 is 41.5 Å². The fourth-order valence-corrected chi connectivity index (χ4v) is 2.74. The molecule has 1 aromatic carbocycles. The Morgan fingerprint density at radius 2 is 1.64 bits per heavy atom. The normalized spacial score (nSPS) is 14.1. The highest BCUT2D eigenvalue weighted by molar-refractivity contribution is 5.96. The standard InChI is InChI=1S/C17H24N4O3.ClH/c18-10-15(22)19-11-16(23)20-13-7-4-8-14(9-13)21-17(24)12-5-2-1-3-6-12;/h4,7-9,12H,1-3,5-6,10-11,18H2,(H,19,22)(H,20,23)(H,21,24);1H. The summed E-state index contributed by atoms with van der Waals surface area (Å²) in [6.07, 6.45) is 5.27. The average Bonchev–Trinajstić information content (AvgIpc) is 2.60. The molecule has 0 radical (unpaired) electrons. The largest absolute Gasteiger partial charge is 0.346 e. The summed E-state index contributed by atoms with van der Waals surface area (Å²) in [6.45, 7) is -0.301. The highest BCUT2D eigenvalue weighted by atomic mass is 35.5. The van der Waals surface area contributed by atoms with Crippen LogP contribution in [0.4, 0.5) is 11.4 Å². The molecule has 25 heavy (non-hydrogen) atoms. The maximum absolute atomic E-state index is 12.3. The molecular formula is C17H25ClN4O3. The Kier molecular flexibility index (Phi) is 8.94. The van der Waals surface area contributed by atoms with Gasteiger partial charge in [-0.3, -0.25) is 14.4 Å². The van der Waals surface area contributed by atoms with E-state index in [4.69, 9.17) is 5.73 Å². The zero-order valence-electron chi connectivity index (χ0n) is 14.0. The maximum Gasteiger partial charge on any atom is 0.243 e. The molecule has 2 rings (SSSR count). The number of halogens is 1. The average molecular weight is 369 g/mol. The minimum absolute atomic E-state index is 0. The zero-order chi connectivity index (χ0) is 17.4. The molecule has 1 saturated carbocycles. The van der Waals surface area contributed by atoms with Gasteiger partial charge in [-0.1, -0.05) is 25.3 Å². The summed E-state index contributed by atoms with van der Waals surface area (Å²) in [5.74, 6) is -0.636. The molecule has 1 aliphatic carbocycles. The van der Waals surface area contributed by atoms with E-state index in [1.165, 1.54) is 6.42 Å². The van der Waals surface area contributed by atoms with E-state index in [0.29, 0.717) is 11.4 Å². The van der Waals surface area contributed by atoms with Gasteiger partial charge in [0, 0.05) is 17.3 Å². The third kappa shape index (κ3) is 7.11. The summed E-state index contributed by atoms with van der Waals surface area (Å²) in [6, 6.07) is 6.96. The molecule has 0 spiro atoms.